The summed E-state index contributed by atoms with van der Waals surface area (Å²) in [6, 6.07) is 6.42. The third-order valence-corrected chi connectivity index (χ3v) is 14.4. The van der Waals surface area contributed by atoms with E-state index in [2.05, 4.69) is 42.5 Å². The number of amides is 4. The van der Waals surface area contributed by atoms with Crippen LogP contribution in [0.15, 0.2) is 47.7 Å². The zero-order valence-corrected chi connectivity index (χ0v) is 38.3. The maximum atomic E-state index is 14.3. The van der Waals surface area contributed by atoms with E-state index in [0.717, 1.165) is 81.8 Å². The maximum Gasteiger partial charge on any atom is 0.329 e. The number of nitrogens with one attached hydrogen (secondary N) is 2. The largest absolute Gasteiger partial charge is 0.374 e. The van der Waals surface area contributed by atoms with Gasteiger partial charge in [-0.1, -0.05) is 17.9 Å². The van der Waals surface area contributed by atoms with Crippen molar-refractivity contribution in [2.24, 2.45) is 18.7 Å². The molecule has 4 N–H and O–H groups in total. The number of hydrogen-bond acceptors (Lipinski definition) is 13. The highest BCUT2D eigenvalue weighted by molar-refractivity contribution is 6.08. The fraction of sp³-hybridized carbons (Fsp3) is 0.532. The number of halogens is 2. The summed E-state index contributed by atoms with van der Waals surface area (Å²) in [6.45, 7) is 3.66. The van der Waals surface area contributed by atoms with Crippen molar-refractivity contribution in [2.75, 3.05) is 62.8 Å². The van der Waals surface area contributed by atoms with Crippen molar-refractivity contribution in [3.63, 3.8) is 0 Å². The van der Waals surface area contributed by atoms with E-state index >= 15 is 0 Å². The number of aromatic nitrogens is 7. The second kappa shape index (κ2) is 19.5. The molecule has 1 aromatic carbocycles. The van der Waals surface area contributed by atoms with Crippen molar-refractivity contribution in [1.29, 1.82) is 0 Å². The molecule has 4 saturated heterocycles. The van der Waals surface area contributed by atoms with Crippen LogP contribution in [0.25, 0.3) is 16.7 Å². The first-order valence-electron chi connectivity index (χ1n) is 23.7. The highest BCUT2D eigenvalue weighted by atomic mass is 19.3. The van der Waals surface area contributed by atoms with Gasteiger partial charge in [-0.25, -0.2) is 23.1 Å². The number of benzene rings is 1. The number of piperidine rings is 2. The lowest BCUT2D eigenvalue weighted by atomic mass is 9.85. The van der Waals surface area contributed by atoms with E-state index in [0.29, 0.717) is 34.8 Å². The number of carbonyl (C=O) groups is 4. The van der Waals surface area contributed by atoms with E-state index < -0.39 is 47.5 Å². The Bertz CT molecular complexity index is 2900. The molecule has 8 heterocycles. The van der Waals surface area contributed by atoms with Gasteiger partial charge >= 0.3 is 5.69 Å². The second-order valence-corrected chi connectivity index (χ2v) is 18.6. The Morgan fingerprint density at radius 3 is 2.59 bits per heavy atom. The number of morpholine rings is 1. The Morgan fingerprint density at radius 1 is 1.04 bits per heavy atom. The van der Waals surface area contributed by atoms with Gasteiger partial charge in [-0.15, -0.1) is 0 Å². The number of nitrogens with two attached hydrogens (primary N) is 1. The van der Waals surface area contributed by atoms with Crippen LogP contribution in [0.2, 0.25) is 0 Å². The molecule has 1 aliphatic carbocycles. The summed E-state index contributed by atoms with van der Waals surface area (Å²) in [6.07, 6.45) is 8.26. The molecule has 69 heavy (non-hydrogen) atoms. The van der Waals surface area contributed by atoms with Crippen LogP contribution in [0.3, 0.4) is 0 Å². The standard InChI is InChI=1S/C47H55F2N13O7/c1-56-42-29(4-2-6-36(42)62(47(56)67)37-11-12-40(64)59(46(37)66)27-51-39(63)21-50)5-3-19-68-32-13-16-57(17-14-32)23-28-7-9-30(10-8-28)61-25-35(41(55-61)43(48)49)53-45(65)34-22-52-60-18-15-38(54-44(34)60)58-24-33-20-31(58)26-69-33/h2,4,6,15,18,22,25,28,30-33,37,43H,7-14,16-17,19-21,23-24,26-27,50H2,1H3,(H,51,63)(H,53,65)/t28?,30?,31-,33-,37?/m1/s1. The Hall–Kier alpha value is -6.54. The van der Waals surface area contributed by atoms with Crippen molar-refractivity contribution < 1.29 is 37.4 Å². The first kappa shape index (κ1) is 46.2. The van der Waals surface area contributed by atoms with Crippen LogP contribution in [0, 0.1) is 17.8 Å². The van der Waals surface area contributed by atoms with Crippen molar-refractivity contribution in [3.8, 4) is 11.8 Å². The second-order valence-electron chi connectivity index (χ2n) is 18.6. The zero-order valence-electron chi connectivity index (χ0n) is 38.3. The molecule has 5 aliphatic rings. The summed E-state index contributed by atoms with van der Waals surface area (Å²) in [5.41, 5.74) is 6.66. The van der Waals surface area contributed by atoms with Gasteiger partial charge in [-0.3, -0.25) is 37.9 Å². The number of likely N-dealkylation sites (tertiary alicyclic amines) is 2. The lowest BCUT2D eigenvalue weighted by Crippen LogP contribution is -2.52. The minimum absolute atomic E-state index is 0.0206. The number of ether oxygens (including phenoxy) is 2. The average Bonchev–Trinajstić information content (AvgIpc) is 4.21. The highest BCUT2D eigenvalue weighted by Crippen LogP contribution is 2.37. The molecule has 1 unspecified atom stereocenters. The summed E-state index contributed by atoms with van der Waals surface area (Å²) in [5, 5.41) is 13.7. The van der Waals surface area contributed by atoms with E-state index in [9.17, 15) is 32.8 Å². The predicted molar refractivity (Wildman–Crippen MR) is 246 cm³/mol. The fourth-order valence-electron chi connectivity index (χ4n) is 10.7. The Balaban J connectivity index is 0.696. The number of nitrogens with zero attached hydrogens (tertiary/aromatic N) is 10. The molecule has 2 bridgehead atoms. The van der Waals surface area contributed by atoms with Gasteiger partial charge in [0, 0.05) is 52.0 Å². The number of imidazole rings is 1. The predicted octanol–water partition coefficient (Wildman–Crippen LogP) is 2.73. The van der Waals surface area contributed by atoms with E-state index in [4.69, 9.17) is 20.2 Å². The van der Waals surface area contributed by atoms with Crippen molar-refractivity contribution in [3.05, 3.63) is 70.2 Å². The van der Waals surface area contributed by atoms with E-state index in [1.165, 1.54) is 26.0 Å². The van der Waals surface area contributed by atoms with Gasteiger partial charge in [0.2, 0.25) is 11.8 Å². The number of fused-ring (bicyclic) bond motifs is 4. The molecule has 10 rings (SSSR count). The van der Waals surface area contributed by atoms with Crippen LogP contribution >= 0.6 is 0 Å². The molecule has 0 radical (unpaired) electrons. The normalized spacial score (nSPS) is 23.3. The number of para-hydroxylation sites is 1. The summed E-state index contributed by atoms with van der Waals surface area (Å²) in [5.74, 6) is 5.35. The number of rotatable bonds is 13. The topological polar surface area (TPSA) is 221 Å². The average molecular weight is 952 g/mol. The maximum absolute atomic E-state index is 14.3. The molecule has 4 amide bonds. The monoisotopic (exact) mass is 951 g/mol. The number of anilines is 2. The summed E-state index contributed by atoms with van der Waals surface area (Å²) in [7, 11) is 1.62. The summed E-state index contributed by atoms with van der Waals surface area (Å²) < 4.78 is 46.5. The van der Waals surface area contributed by atoms with Crippen LogP contribution in [-0.2, 0) is 30.9 Å². The molecular formula is C47H55F2N13O7. The minimum Gasteiger partial charge on any atom is -0.374 e. The number of imide groups is 1. The Kier molecular flexibility index (Phi) is 13.0. The van der Waals surface area contributed by atoms with Crippen LogP contribution < -0.4 is 27.0 Å². The number of alkyl halides is 2. The summed E-state index contributed by atoms with van der Waals surface area (Å²) in [4.78, 5) is 75.3. The van der Waals surface area contributed by atoms with Gasteiger partial charge in [-0.05, 0) is 75.5 Å². The zero-order chi connectivity index (χ0) is 47.9. The molecule has 0 spiro atoms. The molecule has 5 aromatic rings. The van der Waals surface area contributed by atoms with Crippen molar-refractivity contribution >= 4 is 51.8 Å². The fourth-order valence-corrected chi connectivity index (χ4v) is 10.7. The molecule has 20 nitrogen and oxygen atoms in total. The van der Waals surface area contributed by atoms with E-state index in [1.54, 1.807) is 30.1 Å². The quantitative estimate of drug-likeness (QED) is 0.114. The van der Waals surface area contributed by atoms with Gasteiger partial charge in [0.05, 0.1) is 65.9 Å². The molecule has 4 aliphatic heterocycles. The van der Waals surface area contributed by atoms with Gasteiger partial charge in [0.1, 0.15) is 30.7 Å². The smallest absolute Gasteiger partial charge is 0.329 e. The molecular weight excluding hydrogens is 897 g/mol. The van der Waals surface area contributed by atoms with Crippen LogP contribution in [-0.4, -0.2) is 138 Å². The van der Waals surface area contributed by atoms with E-state index in [-0.39, 0.29) is 68.2 Å². The summed E-state index contributed by atoms with van der Waals surface area (Å²) >= 11 is 0. The molecule has 364 valence electrons. The Labute approximate surface area is 395 Å². The third-order valence-electron chi connectivity index (χ3n) is 14.4. The van der Waals surface area contributed by atoms with Crippen molar-refractivity contribution in [1.82, 2.24) is 48.6 Å². The van der Waals surface area contributed by atoms with E-state index in [1.807, 2.05) is 12.1 Å². The van der Waals surface area contributed by atoms with Crippen LogP contribution in [0.5, 0.6) is 0 Å². The molecule has 5 fully saturated rings. The molecule has 1 saturated carbocycles. The van der Waals surface area contributed by atoms with Gasteiger partial charge in [0.15, 0.2) is 11.3 Å². The first-order chi connectivity index (χ1) is 33.4. The number of aryl methyl sites for hydroxylation is 1. The van der Waals surface area contributed by atoms with Gasteiger partial charge < -0.3 is 35.6 Å². The Morgan fingerprint density at radius 2 is 1.86 bits per heavy atom. The van der Waals surface area contributed by atoms with Crippen LogP contribution in [0.4, 0.5) is 20.3 Å². The molecule has 22 heteroatoms. The third kappa shape index (κ3) is 9.23. The molecule has 4 aromatic heterocycles. The van der Waals surface area contributed by atoms with Gasteiger partial charge in [0.25, 0.3) is 18.2 Å². The SMILES string of the molecule is Cn1c(=O)n(C2CCC(=O)N(CNC(=O)CN)C2=O)c2cccc(C#CCOC3CCN(CC4CCC(n5cc(NC(=O)c6cnn7ccc(N8C[C@H]9C[C@@H]8CO9)nc67)c(C(F)F)n5)CC4)CC3)c21. The highest BCUT2D eigenvalue weighted by Gasteiger charge is 2.40. The van der Waals surface area contributed by atoms with Crippen molar-refractivity contribution in [2.45, 2.75) is 94.5 Å². The number of hydrogen-bond donors (Lipinski definition) is 3. The lowest BCUT2D eigenvalue weighted by molar-refractivity contribution is -0.151. The molecule has 3 atom stereocenters. The van der Waals surface area contributed by atoms with Crippen LogP contribution in [0.1, 0.15) is 97.9 Å². The van der Waals surface area contributed by atoms with Gasteiger partial charge in [-0.2, -0.15) is 10.2 Å². The first-order valence-corrected chi connectivity index (χ1v) is 23.7. The number of carbonyl (C=O) groups excluding carboxylic acids is 4. The lowest BCUT2D eigenvalue weighted by Gasteiger charge is -2.36. The minimum atomic E-state index is -2.88.